The Labute approximate surface area is 193 Å². The Kier molecular flexibility index (Phi) is 5.16. The van der Waals surface area contributed by atoms with Crippen LogP contribution in [0.5, 0.6) is 5.75 Å². The van der Waals surface area contributed by atoms with E-state index in [1.54, 1.807) is 0 Å². The zero-order valence-electron chi connectivity index (χ0n) is 19.0. The molecule has 5 heteroatoms. The molecule has 33 heavy (non-hydrogen) atoms. The minimum atomic E-state index is 0.0767. The predicted octanol–water partition coefficient (Wildman–Crippen LogP) is 4.39. The van der Waals surface area contributed by atoms with Gasteiger partial charge in [0.15, 0.2) is 5.78 Å². The monoisotopic (exact) mass is 439 g/mol. The minimum absolute atomic E-state index is 0.0767. The van der Waals surface area contributed by atoms with Crippen LogP contribution >= 0.6 is 0 Å². The van der Waals surface area contributed by atoms with Crippen molar-refractivity contribution < 1.29 is 9.53 Å². The van der Waals surface area contributed by atoms with Gasteiger partial charge in [-0.2, -0.15) is 0 Å². The molecule has 0 bridgehead atoms. The van der Waals surface area contributed by atoms with Gasteiger partial charge in [0.1, 0.15) is 11.9 Å². The van der Waals surface area contributed by atoms with Crippen molar-refractivity contribution in [3.8, 4) is 5.75 Å². The number of nitrogens with zero attached hydrogens (tertiary/aromatic N) is 2. The fourth-order valence-corrected chi connectivity index (χ4v) is 5.56. The summed E-state index contributed by atoms with van der Waals surface area (Å²) in [6, 6.07) is 20.2. The second-order valence-electron chi connectivity index (χ2n) is 9.22. The van der Waals surface area contributed by atoms with Crippen molar-refractivity contribution in [3.05, 3.63) is 77.5 Å². The van der Waals surface area contributed by atoms with Crippen LogP contribution in [0.25, 0.3) is 21.7 Å². The molecule has 1 aromatic heterocycles. The third-order valence-corrected chi connectivity index (χ3v) is 7.14. The van der Waals surface area contributed by atoms with E-state index in [4.69, 9.17) is 4.74 Å². The number of hydrogen-bond acceptors (Lipinski definition) is 4. The van der Waals surface area contributed by atoms with Gasteiger partial charge in [0.2, 0.25) is 0 Å². The van der Waals surface area contributed by atoms with Crippen LogP contribution in [0.1, 0.15) is 28.0 Å². The molecule has 3 heterocycles. The third kappa shape index (κ3) is 3.52. The third-order valence-electron chi connectivity index (χ3n) is 7.14. The molecule has 0 amide bonds. The molecule has 0 saturated carbocycles. The van der Waals surface area contributed by atoms with Gasteiger partial charge in [-0.3, -0.25) is 9.69 Å². The van der Waals surface area contributed by atoms with Crippen LogP contribution in [0, 0.1) is 6.92 Å². The lowest BCUT2D eigenvalue weighted by molar-refractivity contribution is 0.103. The number of carbonyl (C=O) groups is 1. The maximum absolute atomic E-state index is 13.9. The topological polar surface area (TPSA) is 46.5 Å². The summed E-state index contributed by atoms with van der Waals surface area (Å²) in [6.07, 6.45) is 1.24. The summed E-state index contributed by atoms with van der Waals surface area (Å²) in [7, 11) is 0. The number of ether oxygens (including phenoxy) is 1. The van der Waals surface area contributed by atoms with Gasteiger partial charge >= 0.3 is 0 Å². The van der Waals surface area contributed by atoms with Gasteiger partial charge in [-0.1, -0.05) is 54.6 Å². The number of para-hydroxylation sites is 1. The Hall–Kier alpha value is -3.15. The van der Waals surface area contributed by atoms with E-state index >= 15 is 0 Å². The lowest BCUT2D eigenvalue weighted by Gasteiger charge is -2.31. The maximum atomic E-state index is 13.9. The van der Waals surface area contributed by atoms with Crippen LogP contribution in [0.3, 0.4) is 0 Å². The number of hydrogen-bond donors (Lipinski definition) is 1. The first-order valence-electron chi connectivity index (χ1n) is 11.9. The van der Waals surface area contributed by atoms with Crippen molar-refractivity contribution in [2.45, 2.75) is 26.0 Å². The zero-order valence-corrected chi connectivity index (χ0v) is 19.0. The summed E-state index contributed by atoms with van der Waals surface area (Å²) in [4.78, 5) is 16.4. The van der Waals surface area contributed by atoms with Gasteiger partial charge in [0.05, 0.1) is 17.6 Å². The number of aromatic nitrogens is 1. The number of fused-ring (bicyclic) bond motifs is 1. The van der Waals surface area contributed by atoms with Crippen molar-refractivity contribution in [2.75, 3.05) is 32.7 Å². The van der Waals surface area contributed by atoms with E-state index in [1.165, 1.54) is 6.42 Å². The van der Waals surface area contributed by atoms with Crippen molar-refractivity contribution in [3.63, 3.8) is 0 Å². The molecule has 168 valence electrons. The fourth-order valence-electron chi connectivity index (χ4n) is 5.56. The molecule has 5 nitrogen and oxygen atoms in total. The minimum Gasteiger partial charge on any atom is -0.485 e. The van der Waals surface area contributed by atoms with Gasteiger partial charge in [0.25, 0.3) is 0 Å². The Morgan fingerprint density at radius 3 is 2.76 bits per heavy atom. The first-order chi connectivity index (χ1) is 16.2. The molecule has 4 aromatic rings. The Morgan fingerprint density at radius 1 is 1.00 bits per heavy atom. The number of rotatable bonds is 4. The number of ketones is 1. The van der Waals surface area contributed by atoms with E-state index in [0.717, 1.165) is 83.5 Å². The van der Waals surface area contributed by atoms with Crippen LogP contribution in [0.4, 0.5) is 0 Å². The smallest absolute Gasteiger partial charge is 0.196 e. The summed E-state index contributed by atoms with van der Waals surface area (Å²) >= 11 is 0. The van der Waals surface area contributed by atoms with Gasteiger partial charge in [-0.25, -0.2) is 0 Å². The summed E-state index contributed by atoms with van der Waals surface area (Å²) in [6.45, 7) is 8.02. The Balaban J connectivity index is 1.40. The first-order valence-corrected chi connectivity index (χ1v) is 11.9. The van der Waals surface area contributed by atoms with Crippen molar-refractivity contribution in [1.29, 1.82) is 0 Å². The molecule has 1 N–H and O–H groups in total. The van der Waals surface area contributed by atoms with Crippen molar-refractivity contribution in [1.82, 2.24) is 14.8 Å². The average Bonchev–Trinajstić information content (AvgIpc) is 2.98. The van der Waals surface area contributed by atoms with Gasteiger partial charge in [0, 0.05) is 36.3 Å². The SMILES string of the molecule is Cc1c(C(=O)c2cccc3ccccc23)c2cccc3c2n1CC(CN1CCCNCC1)O3. The van der Waals surface area contributed by atoms with Crippen LogP contribution in [0.2, 0.25) is 0 Å². The second kappa shape index (κ2) is 8.32. The zero-order chi connectivity index (χ0) is 22.4. The highest BCUT2D eigenvalue weighted by atomic mass is 16.5. The molecule has 0 radical (unpaired) electrons. The summed E-state index contributed by atoms with van der Waals surface area (Å²) in [5, 5.41) is 6.55. The normalized spacial score (nSPS) is 18.9. The molecule has 1 atom stereocenters. The second-order valence-corrected chi connectivity index (χ2v) is 9.22. The van der Waals surface area contributed by atoms with E-state index < -0.39 is 0 Å². The van der Waals surface area contributed by atoms with E-state index in [9.17, 15) is 4.79 Å². The lowest BCUT2D eigenvalue weighted by Crippen LogP contribution is -2.41. The molecule has 0 spiro atoms. The molecule has 1 saturated heterocycles. The Bertz CT molecular complexity index is 1340. The van der Waals surface area contributed by atoms with E-state index in [1.807, 2.05) is 42.5 Å². The van der Waals surface area contributed by atoms with Gasteiger partial charge < -0.3 is 14.6 Å². The predicted molar refractivity (Wildman–Crippen MR) is 132 cm³/mol. The van der Waals surface area contributed by atoms with E-state index in [2.05, 4.69) is 39.9 Å². The Morgan fingerprint density at radius 2 is 1.82 bits per heavy atom. The van der Waals surface area contributed by atoms with Gasteiger partial charge in [-0.05, 0) is 43.3 Å². The number of nitrogens with one attached hydrogen (secondary N) is 1. The number of benzene rings is 3. The maximum Gasteiger partial charge on any atom is 0.196 e. The summed E-state index contributed by atoms with van der Waals surface area (Å²) in [5.74, 6) is 0.971. The molecule has 1 fully saturated rings. The fraction of sp³-hybridized carbons (Fsp3) is 0.321. The quantitative estimate of drug-likeness (QED) is 0.479. The molecule has 6 rings (SSSR count). The first kappa shape index (κ1) is 20.5. The summed E-state index contributed by atoms with van der Waals surface area (Å²) in [5.41, 5.74) is 3.63. The molecule has 3 aromatic carbocycles. The molecular weight excluding hydrogens is 410 g/mol. The van der Waals surface area contributed by atoms with Crippen LogP contribution in [-0.4, -0.2) is 54.1 Å². The van der Waals surface area contributed by atoms with Crippen LogP contribution < -0.4 is 10.1 Å². The largest absolute Gasteiger partial charge is 0.485 e. The van der Waals surface area contributed by atoms with Crippen molar-refractivity contribution in [2.24, 2.45) is 0 Å². The standard InChI is InChI=1S/C28H29N3O2/c1-19-26(28(32)23-10-4-8-20-7-2-3-9-22(20)23)24-11-5-12-25-27(24)31(19)18-21(33-25)17-30-15-6-13-29-14-16-30/h2-5,7-12,21,29H,6,13-18H2,1H3. The lowest BCUT2D eigenvalue weighted by atomic mass is 9.95. The highest BCUT2D eigenvalue weighted by Gasteiger charge is 2.30. The van der Waals surface area contributed by atoms with Crippen LogP contribution in [-0.2, 0) is 6.54 Å². The van der Waals surface area contributed by atoms with Crippen molar-refractivity contribution >= 4 is 27.5 Å². The van der Waals surface area contributed by atoms with Crippen LogP contribution in [0.15, 0.2) is 60.7 Å². The van der Waals surface area contributed by atoms with Gasteiger partial charge in [-0.15, -0.1) is 0 Å². The van der Waals surface area contributed by atoms with E-state index in [0.29, 0.717) is 0 Å². The highest BCUT2D eigenvalue weighted by Crippen LogP contribution is 2.38. The molecule has 2 aliphatic heterocycles. The van der Waals surface area contributed by atoms with E-state index in [-0.39, 0.29) is 11.9 Å². The molecular formula is C28H29N3O2. The average molecular weight is 440 g/mol. The summed E-state index contributed by atoms with van der Waals surface area (Å²) < 4.78 is 8.79. The number of carbonyl (C=O) groups excluding carboxylic acids is 1. The molecule has 2 aliphatic rings. The molecule has 1 unspecified atom stereocenters. The highest BCUT2D eigenvalue weighted by molar-refractivity contribution is 6.22. The molecule has 0 aliphatic carbocycles.